The topological polar surface area (TPSA) is 21.3 Å². The maximum Gasteiger partial charge on any atom is 0.119 e. The molecule has 1 N–H and O–H groups in total. The molecule has 0 bridgehead atoms. The lowest BCUT2D eigenvalue weighted by Crippen LogP contribution is -2.48. The Bertz CT molecular complexity index is 732. The summed E-state index contributed by atoms with van der Waals surface area (Å²) in [5.41, 5.74) is 4.68. The predicted octanol–water partition coefficient (Wildman–Crippen LogP) is 4.36. The van der Waals surface area contributed by atoms with Crippen LogP contribution in [-0.4, -0.2) is 19.7 Å². The molecule has 2 nitrogen and oxygen atoms in total. The van der Waals surface area contributed by atoms with Crippen molar-refractivity contribution >= 4 is 0 Å². The number of benzene rings is 2. The number of rotatable bonds is 4. The molecule has 2 atom stereocenters. The lowest BCUT2D eigenvalue weighted by atomic mass is 9.58. The SMILES string of the molecule is c1ccc2c(c1)[C@@H]1CNC[C@]21COc1ccc(C2CCCC2)cc1. The Balaban J connectivity index is 1.31. The van der Waals surface area contributed by atoms with Crippen molar-refractivity contribution in [1.82, 2.24) is 5.32 Å². The molecule has 124 valence electrons. The molecule has 2 aromatic carbocycles. The Kier molecular flexibility index (Phi) is 3.41. The number of hydrogen-bond acceptors (Lipinski definition) is 2. The van der Waals surface area contributed by atoms with Crippen LogP contribution in [0.3, 0.4) is 0 Å². The first-order chi connectivity index (χ1) is 11.9. The molecule has 0 unspecified atom stereocenters. The van der Waals surface area contributed by atoms with Gasteiger partial charge in [-0.3, -0.25) is 0 Å². The van der Waals surface area contributed by atoms with Gasteiger partial charge < -0.3 is 10.1 Å². The number of ether oxygens (including phenoxy) is 1. The van der Waals surface area contributed by atoms with Crippen molar-refractivity contribution in [3.05, 3.63) is 65.2 Å². The fourth-order valence-corrected chi connectivity index (χ4v) is 5.16. The normalized spacial score (nSPS) is 28.2. The molecule has 1 aliphatic heterocycles. The Hall–Kier alpha value is -1.80. The van der Waals surface area contributed by atoms with Gasteiger partial charge in [-0.2, -0.15) is 0 Å². The molecule has 2 fully saturated rings. The van der Waals surface area contributed by atoms with Crippen LogP contribution in [0.2, 0.25) is 0 Å². The van der Waals surface area contributed by atoms with Crippen LogP contribution >= 0.6 is 0 Å². The summed E-state index contributed by atoms with van der Waals surface area (Å²) < 4.78 is 6.25. The number of fused-ring (bicyclic) bond motifs is 4. The molecule has 24 heavy (non-hydrogen) atoms. The maximum absolute atomic E-state index is 6.25. The minimum absolute atomic E-state index is 0.181. The number of nitrogens with one attached hydrogen (secondary N) is 1. The Morgan fingerprint density at radius 3 is 2.62 bits per heavy atom. The molecule has 5 rings (SSSR count). The highest BCUT2D eigenvalue weighted by Gasteiger charge is 2.54. The summed E-state index contributed by atoms with van der Waals surface area (Å²) in [6.45, 7) is 2.90. The van der Waals surface area contributed by atoms with Gasteiger partial charge in [-0.05, 0) is 47.6 Å². The van der Waals surface area contributed by atoms with Crippen LogP contribution in [0, 0.1) is 0 Å². The first kappa shape index (κ1) is 14.5. The second kappa shape index (κ2) is 5.63. The zero-order valence-electron chi connectivity index (χ0n) is 14.1. The van der Waals surface area contributed by atoms with E-state index in [1.54, 1.807) is 0 Å². The second-order valence-corrected chi connectivity index (χ2v) is 7.77. The largest absolute Gasteiger partial charge is 0.493 e. The van der Waals surface area contributed by atoms with Gasteiger partial charge in [-0.1, -0.05) is 49.2 Å². The van der Waals surface area contributed by atoms with Crippen molar-refractivity contribution in [2.24, 2.45) is 0 Å². The van der Waals surface area contributed by atoms with Crippen molar-refractivity contribution in [3.8, 4) is 5.75 Å². The molecule has 3 aliphatic rings. The molecular formula is C22H25NO. The summed E-state index contributed by atoms with van der Waals surface area (Å²) in [4.78, 5) is 0. The zero-order valence-corrected chi connectivity index (χ0v) is 14.1. The molecule has 1 heterocycles. The van der Waals surface area contributed by atoms with Crippen molar-refractivity contribution < 1.29 is 4.74 Å². The minimum Gasteiger partial charge on any atom is -0.493 e. The maximum atomic E-state index is 6.25. The van der Waals surface area contributed by atoms with Gasteiger partial charge >= 0.3 is 0 Å². The van der Waals surface area contributed by atoms with Crippen LogP contribution < -0.4 is 10.1 Å². The van der Waals surface area contributed by atoms with Crippen molar-refractivity contribution in [1.29, 1.82) is 0 Å². The molecule has 0 amide bonds. The summed E-state index contributed by atoms with van der Waals surface area (Å²) in [7, 11) is 0. The van der Waals surface area contributed by atoms with Gasteiger partial charge in [0.1, 0.15) is 5.75 Å². The standard InChI is InChI=1S/C22H25NO/c1-2-6-16(5-1)17-9-11-18(12-10-17)24-15-22-14-23-13-21(22)19-7-3-4-8-20(19)22/h3-4,7-12,16,21,23H,1-2,5-6,13-15H2/t21-,22-/m0/s1. The first-order valence-corrected chi connectivity index (χ1v) is 9.40. The zero-order chi connectivity index (χ0) is 16.0. The van der Waals surface area contributed by atoms with Gasteiger partial charge in [0.05, 0.1) is 12.0 Å². The highest BCUT2D eigenvalue weighted by atomic mass is 16.5. The summed E-state index contributed by atoms with van der Waals surface area (Å²) in [5, 5.41) is 3.57. The van der Waals surface area contributed by atoms with Crippen LogP contribution in [0.1, 0.15) is 54.2 Å². The average molecular weight is 319 g/mol. The van der Waals surface area contributed by atoms with E-state index >= 15 is 0 Å². The molecule has 2 aliphatic carbocycles. The summed E-state index contributed by atoms with van der Waals surface area (Å²) >= 11 is 0. The Morgan fingerprint density at radius 1 is 1.00 bits per heavy atom. The molecule has 2 aromatic rings. The molecule has 0 aromatic heterocycles. The summed E-state index contributed by atoms with van der Waals surface area (Å²) in [5.74, 6) is 2.41. The van der Waals surface area contributed by atoms with Crippen molar-refractivity contribution in [3.63, 3.8) is 0 Å². The lowest BCUT2D eigenvalue weighted by molar-refractivity contribution is 0.190. The molecule has 1 saturated carbocycles. The van der Waals surface area contributed by atoms with E-state index in [0.717, 1.165) is 31.4 Å². The van der Waals surface area contributed by atoms with E-state index < -0.39 is 0 Å². The smallest absolute Gasteiger partial charge is 0.119 e. The molecule has 0 spiro atoms. The van der Waals surface area contributed by atoms with Crippen LogP contribution in [-0.2, 0) is 5.41 Å². The highest BCUT2D eigenvalue weighted by molar-refractivity contribution is 5.53. The Morgan fingerprint density at radius 2 is 1.79 bits per heavy atom. The minimum atomic E-state index is 0.181. The summed E-state index contributed by atoms with van der Waals surface area (Å²) in [6.07, 6.45) is 5.49. The van der Waals surface area contributed by atoms with Gasteiger partial charge in [0.2, 0.25) is 0 Å². The van der Waals surface area contributed by atoms with Gasteiger partial charge in [-0.25, -0.2) is 0 Å². The van der Waals surface area contributed by atoms with E-state index in [-0.39, 0.29) is 5.41 Å². The quantitative estimate of drug-likeness (QED) is 0.904. The van der Waals surface area contributed by atoms with E-state index in [0.29, 0.717) is 5.92 Å². The van der Waals surface area contributed by atoms with E-state index in [1.807, 2.05) is 0 Å². The van der Waals surface area contributed by atoms with Gasteiger partial charge in [0.25, 0.3) is 0 Å². The fraction of sp³-hybridized carbons (Fsp3) is 0.455. The van der Waals surface area contributed by atoms with Crippen LogP contribution in [0.15, 0.2) is 48.5 Å². The fourth-order valence-electron chi connectivity index (χ4n) is 5.16. The van der Waals surface area contributed by atoms with E-state index in [2.05, 4.69) is 53.8 Å². The van der Waals surface area contributed by atoms with E-state index in [1.165, 1.54) is 42.4 Å². The monoisotopic (exact) mass is 319 g/mol. The van der Waals surface area contributed by atoms with Gasteiger partial charge in [0.15, 0.2) is 0 Å². The Labute approximate surface area is 144 Å². The van der Waals surface area contributed by atoms with E-state index in [9.17, 15) is 0 Å². The van der Waals surface area contributed by atoms with Gasteiger partial charge in [0, 0.05) is 19.0 Å². The van der Waals surface area contributed by atoms with Crippen LogP contribution in [0.4, 0.5) is 0 Å². The molecule has 0 radical (unpaired) electrons. The molecule has 1 saturated heterocycles. The third kappa shape index (κ3) is 2.12. The highest BCUT2D eigenvalue weighted by Crippen LogP contribution is 2.53. The predicted molar refractivity (Wildman–Crippen MR) is 96.9 cm³/mol. The number of hydrogen-bond donors (Lipinski definition) is 1. The average Bonchev–Trinajstić information content (AvgIpc) is 3.28. The molecule has 2 heteroatoms. The van der Waals surface area contributed by atoms with Crippen molar-refractivity contribution in [2.75, 3.05) is 19.7 Å². The van der Waals surface area contributed by atoms with Crippen LogP contribution in [0.5, 0.6) is 5.75 Å². The molecular weight excluding hydrogens is 294 g/mol. The van der Waals surface area contributed by atoms with Crippen LogP contribution in [0.25, 0.3) is 0 Å². The second-order valence-electron chi connectivity index (χ2n) is 7.77. The lowest BCUT2D eigenvalue weighted by Gasteiger charge is -2.46. The van der Waals surface area contributed by atoms with Gasteiger partial charge in [-0.15, -0.1) is 0 Å². The third-order valence-electron chi connectivity index (χ3n) is 6.53. The van der Waals surface area contributed by atoms with E-state index in [4.69, 9.17) is 4.74 Å². The summed E-state index contributed by atoms with van der Waals surface area (Å²) in [6, 6.07) is 17.8. The van der Waals surface area contributed by atoms with Crippen molar-refractivity contribution in [2.45, 2.75) is 42.9 Å². The first-order valence-electron chi connectivity index (χ1n) is 9.40. The third-order valence-corrected chi connectivity index (χ3v) is 6.53.